The summed E-state index contributed by atoms with van der Waals surface area (Å²) in [5.74, 6) is -0.569. The Hall–Kier alpha value is -1.66. The van der Waals surface area contributed by atoms with Crippen LogP contribution in [0.15, 0.2) is 23.4 Å². The van der Waals surface area contributed by atoms with Gasteiger partial charge in [-0.25, -0.2) is 4.39 Å². The van der Waals surface area contributed by atoms with Gasteiger partial charge in [-0.1, -0.05) is 11.2 Å². The summed E-state index contributed by atoms with van der Waals surface area (Å²) in [7, 11) is 0. The molecular weight excluding hydrogens is 239 g/mol. The normalized spacial score (nSPS) is 20.3. The predicted octanol–water partition coefficient (Wildman–Crippen LogP) is 1.23. The van der Waals surface area contributed by atoms with Crippen molar-refractivity contribution in [2.75, 3.05) is 13.2 Å². The molecule has 1 unspecified atom stereocenters. The smallest absolute Gasteiger partial charge is 0.170 e. The van der Waals surface area contributed by atoms with E-state index in [1.165, 1.54) is 12.1 Å². The Bertz CT molecular complexity index is 445. The number of ether oxygens (including phenoxy) is 2. The van der Waals surface area contributed by atoms with Crippen molar-refractivity contribution in [2.24, 2.45) is 10.9 Å². The fourth-order valence-electron chi connectivity index (χ4n) is 1.82. The second kappa shape index (κ2) is 5.79. The molecule has 1 aromatic rings. The fourth-order valence-corrected chi connectivity index (χ4v) is 1.82. The molecule has 1 fully saturated rings. The van der Waals surface area contributed by atoms with E-state index < -0.39 is 5.82 Å². The molecule has 0 aliphatic carbocycles. The standard InChI is InChI=1S/C12H15FN2O3/c13-9-2-1-8(11(5-9)12(14)15-16)6-18-10-3-4-17-7-10/h1-2,5,10,16H,3-4,6-7H2,(H2,14,15). The maximum atomic E-state index is 13.1. The number of nitrogens with two attached hydrogens (primary N) is 1. The zero-order chi connectivity index (χ0) is 13.0. The predicted molar refractivity (Wildman–Crippen MR) is 62.9 cm³/mol. The highest BCUT2D eigenvalue weighted by atomic mass is 19.1. The van der Waals surface area contributed by atoms with Crippen molar-refractivity contribution < 1.29 is 19.1 Å². The van der Waals surface area contributed by atoms with Gasteiger partial charge >= 0.3 is 0 Å². The van der Waals surface area contributed by atoms with Crippen molar-refractivity contribution in [3.05, 3.63) is 35.1 Å². The van der Waals surface area contributed by atoms with Gasteiger partial charge < -0.3 is 20.4 Å². The first kappa shape index (κ1) is 12.8. The minimum atomic E-state index is -0.440. The highest BCUT2D eigenvalue weighted by Gasteiger charge is 2.17. The van der Waals surface area contributed by atoms with E-state index in [-0.39, 0.29) is 18.5 Å². The largest absolute Gasteiger partial charge is 0.409 e. The molecular formula is C12H15FN2O3. The first-order chi connectivity index (χ1) is 8.70. The second-order valence-electron chi connectivity index (χ2n) is 4.08. The molecule has 0 bridgehead atoms. The minimum Gasteiger partial charge on any atom is -0.409 e. The van der Waals surface area contributed by atoms with E-state index in [4.69, 9.17) is 20.4 Å². The Balaban J connectivity index is 2.10. The van der Waals surface area contributed by atoms with Crippen LogP contribution in [0.5, 0.6) is 0 Å². The average Bonchev–Trinajstić information content (AvgIpc) is 2.89. The Labute approximate surface area is 104 Å². The van der Waals surface area contributed by atoms with Gasteiger partial charge in [-0.05, 0) is 24.1 Å². The van der Waals surface area contributed by atoms with E-state index in [9.17, 15) is 4.39 Å². The van der Waals surface area contributed by atoms with E-state index in [1.807, 2.05) is 0 Å². The fraction of sp³-hybridized carbons (Fsp3) is 0.417. The van der Waals surface area contributed by atoms with Crippen molar-refractivity contribution in [2.45, 2.75) is 19.1 Å². The summed E-state index contributed by atoms with van der Waals surface area (Å²) in [5.41, 5.74) is 6.52. The number of nitrogens with zero attached hydrogens (tertiary/aromatic N) is 1. The van der Waals surface area contributed by atoms with Gasteiger partial charge in [0.2, 0.25) is 0 Å². The lowest BCUT2D eigenvalue weighted by molar-refractivity contribution is 0.0316. The minimum absolute atomic E-state index is 0.0511. The molecule has 3 N–H and O–H groups in total. The summed E-state index contributed by atoms with van der Waals surface area (Å²) < 4.78 is 23.9. The number of oxime groups is 1. The summed E-state index contributed by atoms with van der Waals surface area (Å²) in [6.07, 6.45) is 0.898. The topological polar surface area (TPSA) is 77.1 Å². The Kier molecular flexibility index (Phi) is 4.11. The summed E-state index contributed by atoms with van der Waals surface area (Å²) in [5, 5.41) is 11.6. The quantitative estimate of drug-likeness (QED) is 0.366. The van der Waals surface area contributed by atoms with Crippen LogP contribution in [-0.4, -0.2) is 30.4 Å². The molecule has 98 valence electrons. The molecule has 1 aliphatic rings. The van der Waals surface area contributed by atoms with Crippen LogP contribution in [0.3, 0.4) is 0 Å². The molecule has 1 atom stereocenters. The van der Waals surface area contributed by atoms with Crippen LogP contribution in [0.4, 0.5) is 4.39 Å². The number of hydrogen-bond acceptors (Lipinski definition) is 4. The molecule has 2 rings (SSSR count). The highest BCUT2D eigenvalue weighted by Crippen LogP contribution is 2.16. The summed E-state index contributed by atoms with van der Waals surface area (Å²) >= 11 is 0. The molecule has 0 amide bonds. The van der Waals surface area contributed by atoms with Crippen LogP contribution in [-0.2, 0) is 16.1 Å². The Morgan fingerprint density at radius 2 is 2.44 bits per heavy atom. The van der Waals surface area contributed by atoms with Gasteiger partial charge in [-0.2, -0.15) is 0 Å². The third kappa shape index (κ3) is 2.96. The monoisotopic (exact) mass is 254 g/mol. The third-order valence-electron chi connectivity index (χ3n) is 2.82. The number of halogens is 1. The van der Waals surface area contributed by atoms with Crippen LogP contribution in [0, 0.1) is 5.82 Å². The van der Waals surface area contributed by atoms with E-state index >= 15 is 0 Å². The maximum Gasteiger partial charge on any atom is 0.170 e. The average molecular weight is 254 g/mol. The molecule has 0 saturated carbocycles. The number of hydrogen-bond donors (Lipinski definition) is 2. The van der Waals surface area contributed by atoms with Gasteiger partial charge in [0.25, 0.3) is 0 Å². The lowest BCUT2D eigenvalue weighted by atomic mass is 10.1. The Morgan fingerprint density at radius 3 is 3.11 bits per heavy atom. The molecule has 1 saturated heterocycles. The van der Waals surface area contributed by atoms with Crippen LogP contribution in [0.25, 0.3) is 0 Å². The highest BCUT2D eigenvalue weighted by molar-refractivity contribution is 5.98. The molecule has 0 aromatic heterocycles. The SMILES string of the molecule is NC(=NO)c1cc(F)ccc1COC1CCOC1. The second-order valence-corrected chi connectivity index (χ2v) is 4.08. The number of rotatable bonds is 4. The van der Waals surface area contributed by atoms with Gasteiger partial charge in [0, 0.05) is 12.2 Å². The van der Waals surface area contributed by atoms with E-state index in [1.54, 1.807) is 6.07 Å². The van der Waals surface area contributed by atoms with Crippen LogP contribution in [0.2, 0.25) is 0 Å². The van der Waals surface area contributed by atoms with Gasteiger partial charge in [0.05, 0.1) is 19.3 Å². The lowest BCUT2D eigenvalue weighted by Gasteiger charge is -2.12. The molecule has 1 heterocycles. The van der Waals surface area contributed by atoms with Crippen molar-refractivity contribution in [3.63, 3.8) is 0 Å². The van der Waals surface area contributed by atoms with Crippen LogP contribution in [0.1, 0.15) is 17.5 Å². The third-order valence-corrected chi connectivity index (χ3v) is 2.82. The van der Waals surface area contributed by atoms with Gasteiger partial charge in [0.15, 0.2) is 5.84 Å². The molecule has 18 heavy (non-hydrogen) atoms. The molecule has 1 aromatic carbocycles. The maximum absolute atomic E-state index is 13.1. The summed E-state index contributed by atoms with van der Waals surface area (Å²) in [6, 6.07) is 4.11. The van der Waals surface area contributed by atoms with E-state index in [0.29, 0.717) is 24.3 Å². The summed E-state index contributed by atoms with van der Waals surface area (Å²) in [6.45, 7) is 1.54. The molecule has 0 spiro atoms. The zero-order valence-electron chi connectivity index (χ0n) is 9.80. The number of benzene rings is 1. The lowest BCUT2D eigenvalue weighted by Crippen LogP contribution is -2.18. The van der Waals surface area contributed by atoms with Crippen molar-refractivity contribution in [1.29, 1.82) is 0 Å². The molecule has 0 radical (unpaired) electrons. The Morgan fingerprint density at radius 1 is 1.61 bits per heavy atom. The molecule has 5 nitrogen and oxygen atoms in total. The zero-order valence-corrected chi connectivity index (χ0v) is 9.80. The van der Waals surface area contributed by atoms with Gasteiger partial charge in [-0.15, -0.1) is 0 Å². The van der Waals surface area contributed by atoms with Crippen LogP contribution >= 0.6 is 0 Å². The first-order valence-electron chi connectivity index (χ1n) is 5.66. The first-order valence-corrected chi connectivity index (χ1v) is 5.66. The molecule has 6 heteroatoms. The van der Waals surface area contributed by atoms with E-state index in [0.717, 1.165) is 6.42 Å². The number of amidine groups is 1. The molecule has 1 aliphatic heterocycles. The van der Waals surface area contributed by atoms with Gasteiger partial charge in [0.1, 0.15) is 5.82 Å². The van der Waals surface area contributed by atoms with Gasteiger partial charge in [-0.3, -0.25) is 0 Å². The van der Waals surface area contributed by atoms with Crippen LogP contribution < -0.4 is 5.73 Å². The summed E-state index contributed by atoms with van der Waals surface area (Å²) in [4.78, 5) is 0. The van der Waals surface area contributed by atoms with Crippen molar-refractivity contribution in [1.82, 2.24) is 0 Å². The van der Waals surface area contributed by atoms with E-state index in [2.05, 4.69) is 5.16 Å². The van der Waals surface area contributed by atoms with Crippen molar-refractivity contribution >= 4 is 5.84 Å². The van der Waals surface area contributed by atoms with Crippen molar-refractivity contribution in [3.8, 4) is 0 Å².